The molecule has 8 heteroatoms. The van der Waals surface area contributed by atoms with Crippen molar-refractivity contribution in [3.63, 3.8) is 0 Å². The fourth-order valence-corrected chi connectivity index (χ4v) is 5.72. The van der Waals surface area contributed by atoms with E-state index in [0.29, 0.717) is 13.0 Å². The lowest BCUT2D eigenvalue weighted by Crippen LogP contribution is -2.32. The Morgan fingerprint density at radius 2 is 1.88 bits per heavy atom. The summed E-state index contributed by atoms with van der Waals surface area (Å²) in [5.74, 6) is 0. The van der Waals surface area contributed by atoms with E-state index in [0.717, 1.165) is 11.1 Å². The van der Waals surface area contributed by atoms with Crippen LogP contribution in [0, 0.1) is 17.0 Å². The van der Waals surface area contributed by atoms with E-state index in [1.165, 1.54) is 28.6 Å². The second kappa shape index (κ2) is 6.86. The number of nitro groups is 1. The van der Waals surface area contributed by atoms with Crippen molar-refractivity contribution in [1.29, 1.82) is 0 Å². The minimum absolute atomic E-state index is 0.0159. The summed E-state index contributed by atoms with van der Waals surface area (Å²) in [6, 6.07) is 12.5. The van der Waals surface area contributed by atoms with Crippen molar-refractivity contribution >= 4 is 31.6 Å². The van der Waals surface area contributed by atoms with Gasteiger partial charge in [-0.25, -0.2) is 8.42 Å². The number of rotatable bonds is 4. The predicted molar refractivity (Wildman–Crippen MR) is 98.2 cm³/mol. The number of benzene rings is 2. The van der Waals surface area contributed by atoms with Crippen molar-refractivity contribution in [3.8, 4) is 0 Å². The number of sulfonamides is 1. The molecule has 0 unspecified atom stereocenters. The Kier molecular flexibility index (Phi) is 4.95. The molecule has 0 aliphatic carbocycles. The van der Waals surface area contributed by atoms with Crippen LogP contribution in [0.2, 0.25) is 0 Å². The number of aryl methyl sites for hydroxylation is 1. The minimum atomic E-state index is -3.74. The van der Waals surface area contributed by atoms with Gasteiger partial charge in [-0.2, -0.15) is 4.31 Å². The molecule has 2 aromatic rings. The van der Waals surface area contributed by atoms with E-state index < -0.39 is 14.9 Å². The van der Waals surface area contributed by atoms with Crippen LogP contribution in [0.5, 0.6) is 0 Å². The Morgan fingerprint density at radius 1 is 1.20 bits per heavy atom. The van der Waals surface area contributed by atoms with Crippen molar-refractivity contribution in [2.24, 2.45) is 0 Å². The molecule has 2 atom stereocenters. The fourth-order valence-electron chi connectivity index (χ4n) is 3.10. The molecule has 25 heavy (non-hydrogen) atoms. The van der Waals surface area contributed by atoms with Crippen LogP contribution in [0.3, 0.4) is 0 Å². The molecule has 0 N–H and O–H groups in total. The van der Waals surface area contributed by atoms with Gasteiger partial charge in [-0.3, -0.25) is 10.1 Å². The van der Waals surface area contributed by atoms with Crippen LogP contribution in [0.15, 0.2) is 53.4 Å². The molecule has 0 radical (unpaired) electrons. The zero-order valence-electron chi connectivity index (χ0n) is 13.5. The molecule has 1 heterocycles. The number of nitrogens with zero attached hydrogens (tertiary/aromatic N) is 2. The molecular weight excluding hydrogens is 408 g/mol. The van der Waals surface area contributed by atoms with Gasteiger partial charge >= 0.3 is 0 Å². The third-order valence-corrected chi connectivity index (χ3v) is 7.17. The monoisotopic (exact) mass is 424 g/mol. The lowest BCUT2D eigenvalue weighted by molar-refractivity contribution is -0.384. The van der Waals surface area contributed by atoms with Gasteiger partial charge in [0.15, 0.2) is 0 Å². The molecule has 1 fully saturated rings. The smallest absolute Gasteiger partial charge is 0.258 e. The molecule has 0 spiro atoms. The summed E-state index contributed by atoms with van der Waals surface area (Å²) in [5, 5.41) is 10.8. The fraction of sp³-hybridized carbons (Fsp3) is 0.294. The van der Waals surface area contributed by atoms with Gasteiger partial charge in [0.2, 0.25) is 10.0 Å². The standard InChI is InChI=1S/C17H17BrN2O4S/c1-12-3-2-4-13(11-12)17-16(18)9-10-19(17)25(23,24)15-7-5-14(6-8-15)20(21)22/h2-8,11,16-17H,9-10H2,1H3/t16-,17+/m1/s1. The van der Waals surface area contributed by atoms with Crippen molar-refractivity contribution in [3.05, 3.63) is 69.8 Å². The number of nitro benzene ring substituents is 1. The summed E-state index contributed by atoms with van der Waals surface area (Å²) < 4.78 is 27.6. The minimum Gasteiger partial charge on any atom is -0.258 e. The van der Waals surface area contributed by atoms with Crippen LogP contribution >= 0.6 is 15.9 Å². The molecule has 2 aromatic carbocycles. The first-order valence-electron chi connectivity index (χ1n) is 7.77. The van der Waals surface area contributed by atoms with Gasteiger partial charge in [-0.1, -0.05) is 45.8 Å². The van der Waals surface area contributed by atoms with E-state index in [1.807, 2.05) is 31.2 Å². The van der Waals surface area contributed by atoms with Crippen LogP contribution in [-0.2, 0) is 10.0 Å². The molecule has 1 saturated heterocycles. The largest absolute Gasteiger partial charge is 0.269 e. The van der Waals surface area contributed by atoms with Crippen molar-refractivity contribution < 1.29 is 13.3 Å². The summed E-state index contributed by atoms with van der Waals surface area (Å²) in [4.78, 5) is 10.3. The third-order valence-electron chi connectivity index (χ3n) is 4.32. The highest BCUT2D eigenvalue weighted by Gasteiger charge is 2.41. The zero-order valence-corrected chi connectivity index (χ0v) is 15.9. The summed E-state index contributed by atoms with van der Waals surface area (Å²) in [6.07, 6.45) is 0.699. The quantitative estimate of drug-likeness (QED) is 0.424. The van der Waals surface area contributed by atoms with Crippen molar-refractivity contribution in [1.82, 2.24) is 4.31 Å². The normalized spacial score (nSPS) is 21.4. The summed E-state index contributed by atoms with van der Waals surface area (Å²) in [6.45, 7) is 2.37. The summed E-state index contributed by atoms with van der Waals surface area (Å²) >= 11 is 3.61. The topological polar surface area (TPSA) is 80.5 Å². The molecule has 0 amide bonds. The Labute approximate surface area is 154 Å². The lowest BCUT2D eigenvalue weighted by Gasteiger charge is -2.26. The van der Waals surface area contributed by atoms with E-state index in [-0.39, 0.29) is 21.5 Å². The molecule has 6 nitrogen and oxygen atoms in total. The highest BCUT2D eigenvalue weighted by Crippen LogP contribution is 2.40. The van der Waals surface area contributed by atoms with Crippen molar-refractivity contribution in [2.45, 2.75) is 29.1 Å². The molecule has 0 saturated carbocycles. The Hall–Kier alpha value is -1.77. The highest BCUT2D eigenvalue weighted by atomic mass is 79.9. The van der Waals surface area contributed by atoms with E-state index >= 15 is 0 Å². The first-order valence-corrected chi connectivity index (χ1v) is 10.1. The predicted octanol–water partition coefficient (Wildman–Crippen LogP) is 3.80. The van der Waals surface area contributed by atoms with Crippen LogP contribution in [-0.4, -0.2) is 29.0 Å². The van der Waals surface area contributed by atoms with Crippen LogP contribution in [0.25, 0.3) is 0 Å². The third kappa shape index (κ3) is 3.47. The van der Waals surface area contributed by atoms with Gasteiger partial charge in [-0.15, -0.1) is 0 Å². The molecular formula is C17H17BrN2O4S. The number of hydrogen-bond donors (Lipinski definition) is 0. The van der Waals surface area contributed by atoms with Crippen LogP contribution in [0.1, 0.15) is 23.6 Å². The summed E-state index contributed by atoms with van der Waals surface area (Å²) in [5.41, 5.74) is 1.87. The molecule has 1 aliphatic rings. The van der Waals surface area contributed by atoms with E-state index in [2.05, 4.69) is 15.9 Å². The first-order chi connectivity index (χ1) is 11.8. The van der Waals surface area contributed by atoms with Gasteiger partial charge in [0.1, 0.15) is 0 Å². The number of halogens is 1. The first kappa shape index (κ1) is 18.0. The molecule has 3 rings (SSSR count). The lowest BCUT2D eigenvalue weighted by atomic mass is 10.0. The Balaban J connectivity index is 1.99. The average molecular weight is 425 g/mol. The number of alkyl halides is 1. The van der Waals surface area contributed by atoms with Gasteiger partial charge in [0.25, 0.3) is 5.69 Å². The van der Waals surface area contributed by atoms with E-state index in [9.17, 15) is 18.5 Å². The maximum atomic E-state index is 13.1. The number of non-ortho nitro benzene ring substituents is 1. The van der Waals surface area contributed by atoms with Gasteiger partial charge in [-0.05, 0) is 31.0 Å². The highest BCUT2D eigenvalue weighted by molar-refractivity contribution is 9.09. The Bertz CT molecular complexity index is 899. The molecule has 1 aliphatic heterocycles. The van der Waals surface area contributed by atoms with E-state index in [4.69, 9.17) is 0 Å². The van der Waals surface area contributed by atoms with Gasteiger partial charge < -0.3 is 0 Å². The van der Waals surface area contributed by atoms with Crippen LogP contribution < -0.4 is 0 Å². The SMILES string of the molecule is Cc1cccc([C@H]2[C@H](Br)CCN2S(=O)(=O)c2ccc([N+](=O)[O-])cc2)c1. The van der Waals surface area contributed by atoms with Crippen LogP contribution in [0.4, 0.5) is 5.69 Å². The van der Waals surface area contributed by atoms with E-state index in [1.54, 1.807) is 0 Å². The Morgan fingerprint density at radius 3 is 2.48 bits per heavy atom. The second-order valence-electron chi connectivity index (χ2n) is 6.03. The van der Waals surface area contributed by atoms with Crippen molar-refractivity contribution in [2.75, 3.05) is 6.54 Å². The van der Waals surface area contributed by atoms with Gasteiger partial charge in [0.05, 0.1) is 15.9 Å². The second-order valence-corrected chi connectivity index (χ2v) is 9.10. The maximum absolute atomic E-state index is 13.1. The maximum Gasteiger partial charge on any atom is 0.269 e. The zero-order chi connectivity index (χ0) is 18.2. The average Bonchev–Trinajstić information content (AvgIpc) is 2.97. The molecule has 0 aromatic heterocycles. The molecule has 132 valence electrons. The van der Waals surface area contributed by atoms with Gasteiger partial charge in [0, 0.05) is 23.5 Å². The molecule has 0 bridgehead atoms. The summed E-state index contributed by atoms with van der Waals surface area (Å²) in [7, 11) is -3.74. The number of hydrogen-bond acceptors (Lipinski definition) is 4.